The van der Waals surface area contributed by atoms with Gasteiger partial charge in [-0.3, -0.25) is 4.79 Å². The molecule has 0 aliphatic heterocycles. The van der Waals surface area contributed by atoms with Crippen LogP contribution in [0.3, 0.4) is 0 Å². The highest BCUT2D eigenvalue weighted by Gasteiger charge is 2.30. The number of hydrogen-bond acceptors (Lipinski definition) is 2. The van der Waals surface area contributed by atoms with Crippen molar-refractivity contribution in [3.8, 4) is 5.69 Å². The van der Waals surface area contributed by atoms with E-state index in [2.05, 4.69) is 5.10 Å². The van der Waals surface area contributed by atoms with Crippen molar-refractivity contribution in [2.75, 3.05) is 0 Å². The van der Waals surface area contributed by atoms with Gasteiger partial charge in [-0.2, -0.15) is 18.3 Å². The Morgan fingerprint density at radius 1 is 1.22 bits per heavy atom. The summed E-state index contributed by atoms with van der Waals surface area (Å²) in [6.07, 6.45) is -1.77. The summed E-state index contributed by atoms with van der Waals surface area (Å²) in [5.41, 5.74) is 4.91. The number of amides is 1. The second-order valence-electron chi connectivity index (χ2n) is 3.58. The van der Waals surface area contributed by atoms with E-state index >= 15 is 0 Å². The van der Waals surface area contributed by atoms with Crippen molar-refractivity contribution in [3.63, 3.8) is 0 Å². The molecule has 2 N–H and O–H groups in total. The molecule has 0 aliphatic rings. The monoisotopic (exact) mass is 255 g/mol. The third-order valence-corrected chi connectivity index (χ3v) is 2.33. The third-order valence-electron chi connectivity index (χ3n) is 2.33. The van der Waals surface area contributed by atoms with Crippen LogP contribution in [-0.4, -0.2) is 15.7 Å². The van der Waals surface area contributed by atoms with Crippen LogP contribution in [0, 0.1) is 0 Å². The largest absolute Gasteiger partial charge is 0.416 e. The predicted molar refractivity (Wildman–Crippen MR) is 57.1 cm³/mol. The lowest BCUT2D eigenvalue weighted by molar-refractivity contribution is -0.137. The maximum atomic E-state index is 12.3. The fourth-order valence-electron chi connectivity index (χ4n) is 1.39. The lowest BCUT2D eigenvalue weighted by atomic mass is 10.2. The van der Waals surface area contributed by atoms with Gasteiger partial charge in [-0.25, -0.2) is 4.68 Å². The molecule has 0 unspecified atom stereocenters. The van der Waals surface area contributed by atoms with Gasteiger partial charge in [0.05, 0.1) is 23.0 Å². The standard InChI is InChI=1S/C11H8F3N3O/c12-11(13,14)8-1-3-9(4-2-8)17-6-7(5-16-17)10(15)18/h1-6H,(H2,15,18). The van der Waals surface area contributed by atoms with Gasteiger partial charge < -0.3 is 5.73 Å². The molecule has 1 aromatic heterocycles. The minimum absolute atomic E-state index is 0.190. The molecule has 0 bridgehead atoms. The minimum atomic E-state index is -4.37. The van der Waals surface area contributed by atoms with Gasteiger partial charge >= 0.3 is 6.18 Å². The molecule has 18 heavy (non-hydrogen) atoms. The molecule has 0 saturated heterocycles. The first kappa shape index (κ1) is 12.2. The van der Waals surface area contributed by atoms with Crippen LogP contribution in [-0.2, 0) is 6.18 Å². The average Bonchev–Trinajstić information content (AvgIpc) is 2.77. The van der Waals surface area contributed by atoms with Gasteiger partial charge in [0, 0.05) is 6.20 Å². The van der Waals surface area contributed by atoms with Crippen molar-refractivity contribution >= 4 is 5.91 Å². The van der Waals surface area contributed by atoms with E-state index in [1.807, 2.05) is 0 Å². The molecule has 1 heterocycles. The molecule has 7 heteroatoms. The molecular formula is C11H8F3N3O. The van der Waals surface area contributed by atoms with E-state index in [0.717, 1.165) is 12.1 Å². The topological polar surface area (TPSA) is 60.9 Å². The number of nitrogens with zero attached hydrogens (tertiary/aromatic N) is 2. The second kappa shape index (κ2) is 4.17. The normalized spacial score (nSPS) is 11.5. The van der Waals surface area contributed by atoms with Crippen LogP contribution < -0.4 is 5.73 Å². The summed E-state index contributed by atoms with van der Waals surface area (Å²) < 4.78 is 38.3. The molecule has 0 fully saturated rings. The van der Waals surface area contributed by atoms with Gasteiger partial charge in [-0.15, -0.1) is 0 Å². The Kier molecular flexibility index (Phi) is 2.82. The lowest BCUT2D eigenvalue weighted by Gasteiger charge is -2.07. The summed E-state index contributed by atoms with van der Waals surface area (Å²) in [4.78, 5) is 10.9. The van der Waals surface area contributed by atoms with Crippen molar-refractivity contribution in [1.82, 2.24) is 9.78 Å². The molecular weight excluding hydrogens is 247 g/mol. The molecule has 0 aliphatic carbocycles. The number of carbonyl (C=O) groups is 1. The van der Waals surface area contributed by atoms with Crippen LogP contribution in [0.5, 0.6) is 0 Å². The van der Waals surface area contributed by atoms with Crippen LogP contribution in [0.15, 0.2) is 36.7 Å². The zero-order chi connectivity index (χ0) is 13.3. The molecule has 1 amide bonds. The minimum Gasteiger partial charge on any atom is -0.366 e. The molecule has 0 saturated carbocycles. The molecule has 4 nitrogen and oxygen atoms in total. The Bertz CT molecular complexity index is 572. The highest BCUT2D eigenvalue weighted by molar-refractivity contribution is 5.92. The Morgan fingerprint density at radius 3 is 2.28 bits per heavy atom. The molecule has 1 aromatic carbocycles. The van der Waals surface area contributed by atoms with Gasteiger partial charge in [0.25, 0.3) is 5.91 Å². The van der Waals surface area contributed by atoms with E-state index in [9.17, 15) is 18.0 Å². The summed E-state index contributed by atoms with van der Waals surface area (Å²) >= 11 is 0. The predicted octanol–water partition coefficient (Wildman–Crippen LogP) is 1.99. The number of benzene rings is 1. The van der Waals surface area contributed by atoms with Gasteiger partial charge in [0.2, 0.25) is 0 Å². The van der Waals surface area contributed by atoms with Crippen LogP contribution in [0.4, 0.5) is 13.2 Å². The quantitative estimate of drug-likeness (QED) is 0.892. The highest BCUT2D eigenvalue weighted by Crippen LogP contribution is 2.29. The van der Waals surface area contributed by atoms with Crippen LogP contribution in [0.25, 0.3) is 5.69 Å². The van der Waals surface area contributed by atoms with Crippen molar-refractivity contribution in [2.24, 2.45) is 5.73 Å². The summed E-state index contributed by atoms with van der Waals surface area (Å²) in [6.45, 7) is 0. The van der Waals surface area contributed by atoms with Crippen LogP contribution >= 0.6 is 0 Å². The number of primary amides is 1. The molecule has 94 valence electrons. The molecule has 2 rings (SSSR count). The number of rotatable bonds is 2. The maximum absolute atomic E-state index is 12.3. The van der Waals surface area contributed by atoms with E-state index < -0.39 is 17.6 Å². The Hall–Kier alpha value is -2.31. The van der Waals surface area contributed by atoms with E-state index in [4.69, 9.17) is 5.73 Å². The number of carbonyl (C=O) groups excluding carboxylic acids is 1. The fraction of sp³-hybridized carbons (Fsp3) is 0.0909. The van der Waals surface area contributed by atoms with Crippen molar-refractivity contribution in [2.45, 2.75) is 6.18 Å². The zero-order valence-electron chi connectivity index (χ0n) is 8.98. The van der Waals surface area contributed by atoms with Crippen molar-refractivity contribution < 1.29 is 18.0 Å². The van der Waals surface area contributed by atoms with Crippen molar-refractivity contribution in [1.29, 1.82) is 0 Å². The first-order valence-electron chi connectivity index (χ1n) is 4.90. The average molecular weight is 255 g/mol. The summed E-state index contributed by atoms with van der Waals surface area (Å²) in [6, 6.07) is 4.42. The third kappa shape index (κ3) is 2.34. The first-order chi connectivity index (χ1) is 8.38. The summed E-state index contributed by atoms with van der Waals surface area (Å²) in [5.74, 6) is -0.645. The molecule has 0 spiro atoms. The van der Waals surface area contributed by atoms with E-state index in [0.29, 0.717) is 5.69 Å². The van der Waals surface area contributed by atoms with E-state index in [-0.39, 0.29) is 5.56 Å². The number of nitrogens with two attached hydrogens (primary N) is 1. The number of aromatic nitrogens is 2. The second-order valence-corrected chi connectivity index (χ2v) is 3.58. The summed E-state index contributed by atoms with van der Waals surface area (Å²) in [7, 11) is 0. The van der Waals surface area contributed by atoms with Gasteiger partial charge in [0.15, 0.2) is 0 Å². The van der Waals surface area contributed by atoms with Gasteiger partial charge in [0.1, 0.15) is 0 Å². The van der Waals surface area contributed by atoms with E-state index in [1.165, 1.54) is 29.2 Å². The fourth-order valence-corrected chi connectivity index (χ4v) is 1.39. The highest BCUT2D eigenvalue weighted by atomic mass is 19.4. The zero-order valence-corrected chi connectivity index (χ0v) is 8.98. The summed E-state index contributed by atoms with van der Waals surface area (Å²) in [5, 5.41) is 3.83. The van der Waals surface area contributed by atoms with Crippen LogP contribution in [0.1, 0.15) is 15.9 Å². The maximum Gasteiger partial charge on any atom is 0.416 e. The Morgan fingerprint density at radius 2 is 1.83 bits per heavy atom. The van der Waals surface area contributed by atoms with Gasteiger partial charge in [-0.05, 0) is 24.3 Å². The Balaban J connectivity index is 2.31. The van der Waals surface area contributed by atoms with Crippen molar-refractivity contribution in [3.05, 3.63) is 47.8 Å². The first-order valence-corrected chi connectivity index (χ1v) is 4.90. The Labute approximate surface area is 99.8 Å². The van der Waals surface area contributed by atoms with Crippen LogP contribution in [0.2, 0.25) is 0 Å². The number of alkyl halides is 3. The van der Waals surface area contributed by atoms with Gasteiger partial charge in [-0.1, -0.05) is 0 Å². The SMILES string of the molecule is NC(=O)c1cnn(-c2ccc(C(F)(F)F)cc2)c1. The molecule has 0 atom stereocenters. The number of hydrogen-bond donors (Lipinski definition) is 1. The lowest BCUT2D eigenvalue weighted by Crippen LogP contribution is -2.09. The number of halogens is 3. The molecule has 0 radical (unpaired) electrons. The molecule has 2 aromatic rings. The van der Waals surface area contributed by atoms with E-state index in [1.54, 1.807) is 0 Å². The smallest absolute Gasteiger partial charge is 0.366 e.